The molecule has 1 aromatic heterocycles. The first-order chi connectivity index (χ1) is 7.29. The first-order valence-electron chi connectivity index (χ1n) is 5.44. The van der Waals surface area contributed by atoms with Crippen molar-refractivity contribution in [3.63, 3.8) is 0 Å². The molecule has 0 spiro atoms. The number of nitrogen functional groups attached to an aromatic ring is 1. The molecule has 4 nitrogen and oxygen atoms in total. The van der Waals surface area contributed by atoms with Crippen LogP contribution in [0, 0.1) is 0 Å². The van der Waals surface area contributed by atoms with Gasteiger partial charge in [-0.3, -0.25) is 0 Å². The molecule has 2 heterocycles. The van der Waals surface area contributed by atoms with Crippen molar-refractivity contribution in [2.45, 2.75) is 18.9 Å². The number of anilines is 2. The van der Waals surface area contributed by atoms with E-state index in [1.807, 2.05) is 25.2 Å². The number of nitrogens with one attached hydrogen (secondary N) is 1. The lowest BCUT2D eigenvalue weighted by Gasteiger charge is -2.33. The molecule has 2 rings (SSSR count). The Balaban J connectivity index is 2.09. The molecule has 4 heteroatoms. The van der Waals surface area contributed by atoms with Gasteiger partial charge < -0.3 is 16.0 Å². The third-order valence-corrected chi connectivity index (χ3v) is 2.91. The number of piperidine rings is 1. The van der Waals surface area contributed by atoms with Crippen LogP contribution in [0.1, 0.15) is 12.8 Å². The average Bonchev–Trinajstić information content (AvgIpc) is 2.29. The molecule has 0 saturated carbocycles. The Morgan fingerprint density at radius 1 is 1.53 bits per heavy atom. The van der Waals surface area contributed by atoms with Crippen molar-refractivity contribution in [1.29, 1.82) is 0 Å². The number of hydrogen-bond donors (Lipinski definition) is 2. The molecule has 1 fully saturated rings. The van der Waals surface area contributed by atoms with E-state index >= 15 is 0 Å². The minimum atomic E-state index is 0.571. The third kappa shape index (κ3) is 2.39. The van der Waals surface area contributed by atoms with Crippen LogP contribution in [0.15, 0.2) is 18.2 Å². The van der Waals surface area contributed by atoms with Gasteiger partial charge >= 0.3 is 0 Å². The average molecular weight is 206 g/mol. The zero-order valence-electron chi connectivity index (χ0n) is 9.11. The van der Waals surface area contributed by atoms with Crippen LogP contribution in [0.3, 0.4) is 0 Å². The number of hydrogen-bond acceptors (Lipinski definition) is 4. The number of aromatic nitrogens is 1. The molecule has 1 saturated heterocycles. The molecule has 0 bridgehead atoms. The predicted octanol–water partition coefficient (Wildman–Crippen LogP) is 0.852. The topological polar surface area (TPSA) is 54.2 Å². The highest BCUT2D eigenvalue weighted by Gasteiger charge is 2.19. The molecule has 0 aromatic carbocycles. The maximum absolute atomic E-state index is 5.68. The maximum Gasteiger partial charge on any atom is 0.130 e. The molecule has 0 amide bonds. The third-order valence-electron chi connectivity index (χ3n) is 2.91. The summed E-state index contributed by atoms with van der Waals surface area (Å²) in [6.45, 7) is 2.10. The van der Waals surface area contributed by atoms with Crippen molar-refractivity contribution in [1.82, 2.24) is 10.3 Å². The summed E-state index contributed by atoms with van der Waals surface area (Å²) in [6, 6.07) is 6.37. The van der Waals surface area contributed by atoms with Gasteiger partial charge in [0.25, 0.3) is 0 Å². The largest absolute Gasteiger partial charge is 0.384 e. The van der Waals surface area contributed by atoms with Crippen molar-refractivity contribution in [2.75, 3.05) is 30.8 Å². The van der Waals surface area contributed by atoms with Crippen LogP contribution in [0.4, 0.5) is 11.6 Å². The fourth-order valence-corrected chi connectivity index (χ4v) is 2.04. The van der Waals surface area contributed by atoms with Gasteiger partial charge in [0, 0.05) is 19.1 Å². The molecule has 15 heavy (non-hydrogen) atoms. The Morgan fingerprint density at radius 3 is 3.13 bits per heavy atom. The first kappa shape index (κ1) is 10.2. The summed E-state index contributed by atoms with van der Waals surface area (Å²) in [5, 5.41) is 3.32. The van der Waals surface area contributed by atoms with Crippen molar-refractivity contribution in [3.05, 3.63) is 18.2 Å². The summed E-state index contributed by atoms with van der Waals surface area (Å²) < 4.78 is 0. The summed E-state index contributed by atoms with van der Waals surface area (Å²) in [5.41, 5.74) is 5.68. The molecular formula is C11H18N4. The summed E-state index contributed by atoms with van der Waals surface area (Å²) in [6.07, 6.45) is 2.46. The first-order valence-corrected chi connectivity index (χ1v) is 5.44. The van der Waals surface area contributed by atoms with Crippen LogP contribution in [0.25, 0.3) is 0 Å². The lowest BCUT2D eigenvalue weighted by atomic mass is 10.1. The lowest BCUT2D eigenvalue weighted by Crippen LogP contribution is -2.44. The number of likely N-dealkylation sites (N-methyl/N-ethyl adjacent to an activating group) is 1. The second-order valence-electron chi connectivity index (χ2n) is 3.99. The van der Waals surface area contributed by atoms with Gasteiger partial charge in [0.1, 0.15) is 11.6 Å². The number of pyridine rings is 1. The van der Waals surface area contributed by atoms with E-state index in [1.54, 1.807) is 0 Å². The van der Waals surface area contributed by atoms with E-state index in [0.29, 0.717) is 11.9 Å². The van der Waals surface area contributed by atoms with Crippen LogP contribution in [0.5, 0.6) is 0 Å². The van der Waals surface area contributed by atoms with Crippen molar-refractivity contribution in [2.24, 2.45) is 0 Å². The van der Waals surface area contributed by atoms with E-state index < -0.39 is 0 Å². The van der Waals surface area contributed by atoms with E-state index in [4.69, 9.17) is 5.73 Å². The summed E-state index contributed by atoms with van der Waals surface area (Å²) in [4.78, 5) is 6.63. The highest BCUT2D eigenvalue weighted by atomic mass is 15.2. The Morgan fingerprint density at radius 2 is 2.40 bits per heavy atom. The highest BCUT2D eigenvalue weighted by molar-refractivity contribution is 5.45. The lowest BCUT2D eigenvalue weighted by molar-refractivity contribution is 0.448. The minimum Gasteiger partial charge on any atom is -0.384 e. The Hall–Kier alpha value is -1.29. The van der Waals surface area contributed by atoms with Gasteiger partial charge in [-0.15, -0.1) is 0 Å². The standard InChI is InChI=1S/C11H18N4/c1-13-9-4-3-7-15(8-9)11-6-2-5-10(12)14-11/h2,5-6,9,13H,3-4,7-8H2,1H3,(H2,12,14)/t9-/m1/s1. The molecule has 1 aliphatic heterocycles. The van der Waals surface area contributed by atoms with Crippen LogP contribution in [-0.2, 0) is 0 Å². The van der Waals surface area contributed by atoms with Gasteiger partial charge in [0.2, 0.25) is 0 Å². The van der Waals surface area contributed by atoms with Gasteiger partial charge in [-0.1, -0.05) is 6.07 Å². The van der Waals surface area contributed by atoms with Crippen LogP contribution < -0.4 is 16.0 Å². The molecule has 1 atom stereocenters. The zero-order valence-corrected chi connectivity index (χ0v) is 9.11. The molecule has 0 aliphatic carbocycles. The molecule has 1 aliphatic rings. The molecule has 82 valence electrons. The van der Waals surface area contributed by atoms with E-state index in [-0.39, 0.29) is 0 Å². The van der Waals surface area contributed by atoms with Gasteiger partial charge in [-0.25, -0.2) is 4.98 Å². The predicted molar refractivity (Wildman–Crippen MR) is 62.9 cm³/mol. The number of nitrogens with two attached hydrogens (primary N) is 1. The second kappa shape index (κ2) is 4.49. The van der Waals surface area contributed by atoms with E-state index in [9.17, 15) is 0 Å². The normalized spacial score (nSPS) is 21.7. The summed E-state index contributed by atoms with van der Waals surface area (Å²) in [5.74, 6) is 1.59. The monoisotopic (exact) mass is 206 g/mol. The Labute approximate surface area is 90.5 Å². The quantitative estimate of drug-likeness (QED) is 0.753. The van der Waals surface area contributed by atoms with Crippen molar-refractivity contribution in [3.8, 4) is 0 Å². The molecular weight excluding hydrogens is 188 g/mol. The molecule has 1 aromatic rings. The maximum atomic E-state index is 5.68. The highest BCUT2D eigenvalue weighted by Crippen LogP contribution is 2.18. The van der Waals surface area contributed by atoms with E-state index in [1.165, 1.54) is 12.8 Å². The number of nitrogens with zero attached hydrogens (tertiary/aromatic N) is 2. The van der Waals surface area contributed by atoms with Crippen LogP contribution in [0.2, 0.25) is 0 Å². The summed E-state index contributed by atoms with van der Waals surface area (Å²) in [7, 11) is 2.01. The fourth-order valence-electron chi connectivity index (χ4n) is 2.04. The smallest absolute Gasteiger partial charge is 0.130 e. The fraction of sp³-hybridized carbons (Fsp3) is 0.545. The Kier molecular flexibility index (Phi) is 3.06. The Bertz CT molecular complexity index is 326. The minimum absolute atomic E-state index is 0.571. The van der Waals surface area contributed by atoms with Crippen molar-refractivity contribution < 1.29 is 0 Å². The van der Waals surface area contributed by atoms with E-state index in [0.717, 1.165) is 18.9 Å². The van der Waals surface area contributed by atoms with Gasteiger partial charge in [0.05, 0.1) is 0 Å². The van der Waals surface area contributed by atoms with Gasteiger partial charge in [0.15, 0.2) is 0 Å². The molecule has 0 radical (unpaired) electrons. The zero-order chi connectivity index (χ0) is 10.7. The van der Waals surface area contributed by atoms with Crippen LogP contribution in [-0.4, -0.2) is 31.2 Å². The van der Waals surface area contributed by atoms with E-state index in [2.05, 4.69) is 15.2 Å². The van der Waals surface area contributed by atoms with Gasteiger partial charge in [-0.05, 0) is 32.0 Å². The molecule has 0 unspecified atom stereocenters. The summed E-state index contributed by atoms with van der Waals surface area (Å²) >= 11 is 0. The van der Waals surface area contributed by atoms with Gasteiger partial charge in [-0.2, -0.15) is 0 Å². The number of rotatable bonds is 2. The van der Waals surface area contributed by atoms with Crippen LogP contribution >= 0.6 is 0 Å². The van der Waals surface area contributed by atoms with Crippen molar-refractivity contribution >= 4 is 11.6 Å². The molecule has 3 N–H and O–H groups in total. The second-order valence-corrected chi connectivity index (χ2v) is 3.99. The SMILES string of the molecule is CN[C@@H]1CCCN(c2cccc(N)n2)C1.